The van der Waals surface area contributed by atoms with Gasteiger partial charge in [0.15, 0.2) is 0 Å². The first-order valence-corrected chi connectivity index (χ1v) is 14.0. The molecule has 2 heterocycles. The highest BCUT2D eigenvalue weighted by Crippen LogP contribution is 2.23. The standard InChI is InChI=1S/C24H28N2O6S2/c1-19-6-8-20(9-7-19)17-26(18-22-5-3-15-32-22)34(29,30)24-12-10-23(11-13-24)33(27,28)25-16-21-4-2-14-31-21/h3,5-13,15,21,25H,2,4,14,16-18H2,1H3/t21-/m0/s1. The van der Waals surface area contributed by atoms with E-state index in [9.17, 15) is 16.8 Å². The first kappa shape index (κ1) is 24.6. The summed E-state index contributed by atoms with van der Waals surface area (Å²) in [4.78, 5) is 0.00445. The van der Waals surface area contributed by atoms with Crippen molar-refractivity contribution in [2.45, 2.75) is 48.7 Å². The highest BCUT2D eigenvalue weighted by atomic mass is 32.2. The largest absolute Gasteiger partial charge is 0.468 e. The van der Waals surface area contributed by atoms with E-state index in [1.165, 1.54) is 34.8 Å². The zero-order valence-corrected chi connectivity index (χ0v) is 20.5. The molecule has 0 unspecified atom stereocenters. The lowest BCUT2D eigenvalue weighted by molar-refractivity contribution is 0.114. The number of sulfonamides is 2. The zero-order valence-electron chi connectivity index (χ0n) is 18.9. The zero-order chi connectivity index (χ0) is 24.2. The van der Waals surface area contributed by atoms with Crippen LogP contribution in [-0.2, 0) is 37.9 Å². The minimum Gasteiger partial charge on any atom is -0.468 e. The van der Waals surface area contributed by atoms with Gasteiger partial charge < -0.3 is 9.15 Å². The lowest BCUT2D eigenvalue weighted by Crippen LogP contribution is -2.32. The van der Waals surface area contributed by atoms with E-state index in [-0.39, 0.29) is 35.5 Å². The molecule has 0 bridgehead atoms. The van der Waals surface area contributed by atoms with Crippen molar-refractivity contribution in [2.75, 3.05) is 13.2 Å². The predicted molar refractivity (Wildman–Crippen MR) is 127 cm³/mol. The quantitative estimate of drug-likeness (QED) is 0.453. The molecule has 3 aromatic rings. The van der Waals surface area contributed by atoms with Gasteiger partial charge in [0.25, 0.3) is 0 Å². The van der Waals surface area contributed by atoms with Crippen molar-refractivity contribution in [1.29, 1.82) is 0 Å². The normalized spacial score (nSPS) is 16.8. The third-order valence-electron chi connectivity index (χ3n) is 5.69. The van der Waals surface area contributed by atoms with E-state index in [0.29, 0.717) is 12.4 Å². The van der Waals surface area contributed by atoms with E-state index in [1.54, 1.807) is 12.1 Å². The van der Waals surface area contributed by atoms with Gasteiger partial charge in [-0.15, -0.1) is 0 Å². The number of benzene rings is 2. The van der Waals surface area contributed by atoms with Gasteiger partial charge in [-0.2, -0.15) is 4.31 Å². The minimum absolute atomic E-state index is 0.000524. The first-order chi connectivity index (χ1) is 16.2. The lowest BCUT2D eigenvalue weighted by atomic mass is 10.1. The lowest BCUT2D eigenvalue weighted by Gasteiger charge is -2.22. The monoisotopic (exact) mass is 504 g/mol. The predicted octanol–water partition coefficient (Wildman–Crippen LogP) is 3.44. The summed E-state index contributed by atoms with van der Waals surface area (Å²) in [6.45, 7) is 2.98. The summed E-state index contributed by atoms with van der Waals surface area (Å²) >= 11 is 0. The fourth-order valence-electron chi connectivity index (χ4n) is 3.73. The molecule has 182 valence electrons. The number of rotatable bonds is 10. The van der Waals surface area contributed by atoms with E-state index in [4.69, 9.17) is 9.15 Å². The van der Waals surface area contributed by atoms with Crippen molar-refractivity contribution in [3.05, 3.63) is 83.8 Å². The van der Waals surface area contributed by atoms with Crippen LogP contribution in [0.5, 0.6) is 0 Å². The van der Waals surface area contributed by atoms with Gasteiger partial charge in [0.1, 0.15) is 5.76 Å². The fraction of sp³-hybridized carbons (Fsp3) is 0.333. The van der Waals surface area contributed by atoms with Crippen LogP contribution < -0.4 is 4.72 Å². The van der Waals surface area contributed by atoms with Crippen LogP contribution in [0.4, 0.5) is 0 Å². The summed E-state index contributed by atoms with van der Waals surface area (Å²) in [5.74, 6) is 0.508. The molecule has 0 saturated carbocycles. The molecule has 1 aromatic heterocycles. The number of hydrogen-bond donors (Lipinski definition) is 1. The average Bonchev–Trinajstić information content (AvgIpc) is 3.53. The van der Waals surface area contributed by atoms with E-state index in [1.807, 2.05) is 31.2 Å². The van der Waals surface area contributed by atoms with Gasteiger partial charge >= 0.3 is 0 Å². The van der Waals surface area contributed by atoms with Crippen molar-refractivity contribution in [3.8, 4) is 0 Å². The molecule has 1 aliphatic heterocycles. The molecule has 8 nitrogen and oxygen atoms in total. The number of furan rings is 1. The number of nitrogens with zero attached hydrogens (tertiary/aromatic N) is 1. The highest BCUT2D eigenvalue weighted by molar-refractivity contribution is 7.89. The molecule has 2 aromatic carbocycles. The molecule has 1 fully saturated rings. The molecule has 1 atom stereocenters. The van der Waals surface area contributed by atoms with Crippen molar-refractivity contribution in [2.24, 2.45) is 0 Å². The molecule has 1 N–H and O–H groups in total. The Morgan fingerprint density at radius 1 is 0.941 bits per heavy atom. The second kappa shape index (κ2) is 10.4. The van der Waals surface area contributed by atoms with Crippen LogP contribution in [0.3, 0.4) is 0 Å². The van der Waals surface area contributed by atoms with Crippen molar-refractivity contribution in [3.63, 3.8) is 0 Å². The van der Waals surface area contributed by atoms with E-state index in [2.05, 4.69) is 4.72 Å². The Hall–Kier alpha value is -2.50. The third-order valence-corrected chi connectivity index (χ3v) is 8.93. The number of aryl methyl sites for hydroxylation is 1. The van der Waals surface area contributed by atoms with Gasteiger partial charge in [0.05, 0.1) is 28.7 Å². The number of hydrogen-bond acceptors (Lipinski definition) is 6. The van der Waals surface area contributed by atoms with Crippen LogP contribution in [0.15, 0.2) is 81.1 Å². The Balaban J connectivity index is 1.54. The molecule has 1 saturated heterocycles. The molecule has 34 heavy (non-hydrogen) atoms. The van der Waals surface area contributed by atoms with E-state index in [0.717, 1.165) is 24.0 Å². The maximum Gasteiger partial charge on any atom is 0.243 e. The summed E-state index contributed by atoms with van der Waals surface area (Å²) in [5.41, 5.74) is 1.91. The molecular weight excluding hydrogens is 476 g/mol. The number of ether oxygens (including phenoxy) is 1. The molecule has 4 rings (SSSR count). The van der Waals surface area contributed by atoms with Gasteiger partial charge in [-0.1, -0.05) is 29.8 Å². The third kappa shape index (κ3) is 5.94. The van der Waals surface area contributed by atoms with Gasteiger partial charge in [0, 0.05) is 19.7 Å². The molecular formula is C24H28N2O6S2. The fourth-order valence-corrected chi connectivity index (χ4v) is 6.19. The Morgan fingerprint density at radius 3 is 2.26 bits per heavy atom. The smallest absolute Gasteiger partial charge is 0.243 e. The SMILES string of the molecule is Cc1ccc(CN(Cc2ccco2)S(=O)(=O)c2ccc(S(=O)(=O)NC[C@@H]3CCCO3)cc2)cc1. The van der Waals surface area contributed by atoms with Crippen LogP contribution >= 0.6 is 0 Å². The maximum atomic E-state index is 13.5. The van der Waals surface area contributed by atoms with Crippen molar-refractivity contribution < 1.29 is 26.0 Å². The summed E-state index contributed by atoms with van der Waals surface area (Å²) < 4.78 is 66.9. The van der Waals surface area contributed by atoms with E-state index < -0.39 is 20.0 Å². The molecule has 1 aliphatic rings. The Kier molecular flexibility index (Phi) is 7.54. The van der Waals surface area contributed by atoms with Crippen LogP contribution in [-0.4, -0.2) is 40.4 Å². The highest BCUT2D eigenvalue weighted by Gasteiger charge is 2.27. The summed E-state index contributed by atoms with van der Waals surface area (Å²) in [5, 5.41) is 0. The first-order valence-electron chi connectivity index (χ1n) is 11.0. The Bertz CT molecular complexity index is 1280. The number of nitrogens with one attached hydrogen (secondary N) is 1. The summed E-state index contributed by atoms with van der Waals surface area (Å²) in [7, 11) is -7.71. The van der Waals surface area contributed by atoms with Crippen LogP contribution in [0.2, 0.25) is 0 Å². The van der Waals surface area contributed by atoms with Gasteiger partial charge in [-0.25, -0.2) is 21.6 Å². The van der Waals surface area contributed by atoms with Crippen molar-refractivity contribution in [1.82, 2.24) is 9.03 Å². The van der Waals surface area contributed by atoms with Gasteiger partial charge in [-0.3, -0.25) is 0 Å². The van der Waals surface area contributed by atoms with Crippen LogP contribution in [0.25, 0.3) is 0 Å². The maximum absolute atomic E-state index is 13.5. The molecule has 0 aliphatic carbocycles. The van der Waals surface area contributed by atoms with Gasteiger partial charge in [-0.05, 0) is 61.7 Å². The van der Waals surface area contributed by atoms with Crippen LogP contribution in [0, 0.1) is 6.92 Å². The Morgan fingerprint density at radius 2 is 1.65 bits per heavy atom. The molecule has 0 radical (unpaired) electrons. The molecule has 10 heteroatoms. The summed E-state index contributed by atoms with van der Waals surface area (Å²) in [6, 6.07) is 16.3. The van der Waals surface area contributed by atoms with Crippen LogP contribution in [0.1, 0.15) is 29.7 Å². The second-order valence-corrected chi connectivity index (χ2v) is 12.0. The Labute approximate surface area is 200 Å². The summed E-state index contributed by atoms with van der Waals surface area (Å²) in [6.07, 6.45) is 3.09. The minimum atomic E-state index is -3.93. The van der Waals surface area contributed by atoms with E-state index >= 15 is 0 Å². The molecule has 0 amide bonds. The second-order valence-electron chi connectivity index (χ2n) is 8.30. The topological polar surface area (TPSA) is 106 Å². The average molecular weight is 505 g/mol. The van der Waals surface area contributed by atoms with Gasteiger partial charge in [0.2, 0.25) is 20.0 Å². The van der Waals surface area contributed by atoms with Crippen molar-refractivity contribution >= 4 is 20.0 Å². The molecule has 0 spiro atoms.